The molecule has 1 aromatic heterocycles. The summed E-state index contributed by atoms with van der Waals surface area (Å²) in [4.78, 5) is 25.9. The number of benzene rings is 2. The van der Waals surface area contributed by atoms with Gasteiger partial charge in [0.15, 0.2) is 0 Å². The zero-order chi connectivity index (χ0) is 21.5. The maximum absolute atomic E-state index is 12.9. The Morgan fingerprint density at radius 1 is 1.20 bits per heavy atom. The van der Waals surface area contributed by atoms with Crippen LogP contribution in [0.2, 0.25) is 0 Å². The SMILES string of the molecule is Cc1cn([C@H]2C[C@H](O)[C@@H](CNS(=O)(=O)c3cccc4ccccc34)O2)c(=O)[nH]c1=O. The van der Waals surface area contributed by atoms with E-state index in [0.29, 0.717) is 10.9 Å². The van der Waals surface area contributed by atoms with E-state index in [0.717, 1.165) is 5.39 Å². The molecule has 3 N–H and O–H groups in total. The average Bonchev–Trinajstić information content (AvgIpc) is 3.09. The minimum Gasteiger partial charge on any atom is -0.390 e. The molecule has 2 aromatic carbocycles. The van der Waals surface area contributed by atoms with E-state index in [1.807, 2.05) is 18.2 Å². The van der Waals surface area contributed by atoms with Crippen molar-refractivity contribution in [1.82, 2.24) is 14.3 Å². The lowest BCUT2D eigenvalue weighted by Crippen LogP contribution is -2.37. The number of hydrogen-bond donors (Lipinski definition) is 3. The fourth-order valence-corrected chi connectivity index (χ4v) is 4.84. The van der Waals surface area contributed by atoms with Gasteiger partial charge in [0, 0.05) is 30.1 Å². The van der Waals surface area contributed by atoms with Gasteiger partial charge in [0.05, 0.1) is 17.1 Å². The van der Waals surface area contributed by atoms with Gasteiger partial charge in [-0.05, 0) is 18.4 Å². The molecule has 0 saturated carbocycles. The van der Waals surface area contributed by atoms with Crippen LogP contribution in [0.4, 0.5) is 0 Å². The molecule has 0 amide bonds. The van der Waals surface area contributed by atoms with Crippen molar-refractivity contribution in [2.24, 2.45) is 0 Å². The van der Waals surface area contributed by atoms with Crippen molar-refractivity contribution in [2.75, 3.05) is 6.54 Å². The van der Waals surface area contributed by atoms with E-state index in [-0.39, 0.29) is 17.9 Å². The number of H-pyrrole nitrogens is 1. The number of aliphatic hydroxyl groups is 1. The van der Waals surface area contributed by atoms with E-state index >= 15 is 0 Å². The van der Waals surface area contributed by atoms with E-state index in [4.69, 9.17) is 4.74 Å². The number of rotatable bonds is 5. The molecule has 0 bridgehead atoms. The van der Waals surface area contributed by atoms with E-state index in [9.17, 15) is 23.1 Å². The van der Waals surface area contributed by atoms with Crippen LogP contribution in [-0.4, -0.2) is 41.8 Å². The van der Waals surface area contributed by atoms with Crippen molar-refractivity contribution in [3.8, 4) is 0 Å². The topological polar surface area (TPSA) is 130 Å². The molecule has 4 rings (SSSR count). The Bertz CT molecular complexity index is 1310. The number of ether oxygens (including phenoxy) is 1. The second-order valence-corrected chi connectivity index (χ2v) is 8.98. The summed E-state index contributed by atoms with van der Waals surface area (Å²) < 4.78 is 35.1. The van der Waals surface area contributed by atoms with Gasteiger partial charge in [0.25, 0.3) is 5.56 Å². The average molecular weight is 431 g/mol. The summed E-state index contributed by atoms with van der Waals surface area (Å²) in [6.45, 7) is 1.39. The highest BCUT2D eigenvalue weighted by Gasteiger charge is 2.36. The van der Waals surface area contributed by atoms with Gasteiger partial charge < -0.3 is 9.84 Å². The Kier molecular flexibility index (Phi) is 5.33. The quantitative estimate of drug-likeness (QED) is 0.543. The van der Waals surface area contributed by atoms with Gasteiger partial charge in [-0.15, -0.1) is 0 Å². The van der Waals surface area contributed by atoms with Crippen molar-refractivity contribution in [1.29, 1.82) is 0 Å². The number of sulfonamides is 1. The Morgan fingerprint density at radius 3 is 2.73 bits per heavy atom. The molecule has 158 valence electrons. The Balaban J connectivity index is 1.52. The molecule has 3 aromatic rings. The Morgan fingerprint density at radius 2 is 1.93 bits per heavy atom. The number of aromatic nitrogens is 2. The third kappa shape index (κ3) is 3.82. The van der Waals surface area contributed by atoms with Crippen molar-refractivity contribution in [3.63, 3.8) is 0 Å². The van der Waals surface area contributed by atoms with Crippen molar-refractivity contribution in [3.05, 3.63) is 75.1 Å². The van der Waals surface area contributed by atoms with Gasteiger partial charge in [0.2, 0.25) is 10.0 Å². The van der Waals surface area contributed by atoms with Crippen LogP contribution in [0, 0.1) is 6.92 Å². The normalized spacial score (nSPS) is 21.9. The Labute approximate surface area is 172 Å². The summed E-state index contributed by atoms with van der Waals surface area (Å²) in [5.41, 5.74) is -0.818. The molecule has 0 aliphatic carbocycles. The predicted octanol–water partition coefficient (Wildman–Crippen LogP) is 0.625. The van der Waals surface area contributed by atoms with Crippen LogP contribution < -0.4 is 16.0 Å². The fourth-order valence-electron chi connectivity index (χ4n) is 3.57. The second-order valence-electron chi connectivity index (χ2n) is 7.24. The lowest BCUT2D eigenvalue weighted by Gasteiger charge is -2.17. The van der Waals surface area contributed by atoms with Gasteiger partial charge in [-0.2, -0.15) is 0 Å². The van der Waals surface area contributed by atoms with Crippen molar-refractivity contribution >= 4 is 20.8 Å². The molecule has 0 radical (unpaired) electrons. The molecule has 1 aliphatic heterocycles. The van der Waals surface area contributed by atoms with Crippen LogP contribution in [0.25, 0.3) is 10.8 Å². The molecular weight excluding hydrogens is 410 g/mol. The number of aryl methyl sites for hydroxylation is 1. The maximum atomic E-state index is 12.9. The van der Waals surface area contributed by atoms with Crippen LogP contribution in [0.1, 0.15) is 18.2 Å². The number of nitrogens with zero attached hydrogens (tertiary/aromatic N) is 1. The molecule has 30 heavy (non-hydrogen) atoms. The molecule has 10 heteroatoms. The molecule has 1 fully saturated rings. The van der Waals surface area contributed by atoms with Gasteiger partial charge >= 0.3 is 5.69 Å². The van der Waals surface area contributed by atoms with Crippen LogP contribution in [0.15, 0.2) is 63.1 Å². The van der Waals surface area contributed by atoms with E-state index in [2.05, 4.69) is 9.71 Å². The summed E-state index contributed by atoms with van der Waals surface area (Å²) in [6.07, 6.45) is -1.19. The van der Waals surface area contributed by atoms with Crippen molar-refractivity contribution in [2.45, 2.75) is 36.7 Å². The third-order valence-corrected chi connectivity index (χ3v) is 6.66. The van der Waals surface area contributed by atoms with E-state index in [1.54, 1.807) is 25.1 Å². The minimum absolute atomic E-state index is 0.0893. The molecular formula is C20H21N3O6S. The highest BCUT2D eigenvalue weighted by molar-refractivity contribution is 7.89. The molecule has 0 unspecified atom stereocenters. The first kappa shape index (κ1) is 20.5. The minimum atomic E-state index is -3.86. The third-order valence-electron chi connectivity index (χ3n) is 5.17. The zero-order valence-corrected chi connectivity index (χ0v) is 16.9. The lowest BCUT2D eigenvalue weighted by atomic mass is 10.1. The van der Waals surface area contributed by atoms with Gasteiger partial charge in [-0.1, -0.05) is 36.4 Å². The number of nitrogens with one attached hydrogen (secondary N) is 2. The van der Waals surface area contributed by atoms with Gasteiger partial charge in [-0.25, -0.2) is 17.9 Å². The van der Waals surface area contributed by atoms with E-state index in [1.165, 1.54) is 16.8 Å². The number of fused-ring (bicyclic) bond motifs is 1. The summed E-state index contributed by atoms with van der Waals surface area (Å²) >= 11 is 0. The van der Waals surface area contributed by atoms with Crippen LogP contribution >= 0.6 is 0 Å². The molecule has 3 atom stereocenters. The summed E-state index contributed by atoms with van der Waals surface area (Å²) in [5, 5.41) is 11.7. The van der Waals surface area contributed by atoms with Crippen LogP contribution in [-0.2, 0) is 14.8 Å². The lowest BCUT2D eigenvalue weighted by molar-refractivity contribution is -0.0169. The Hall–Kier alpha value is -2.79. The van der Waals surface area contributed by atoms with Gasteiger partial charge in [0.1, 0.15) is 6.23 Å². The summed E-state index contributed by atoms with van der Waals surface area (Å²) in [6, 6.07) is 12.2. The van der Waals surface area contributed by atoms with Crippen LogP contribution in [0.3, 0.4) is 0 Å². The summed E-state index contributed by atoms with van der Waals surface area (Å²) in [7, 11) is -3.86. The molecule has 2 heterocycles. The second kappa shape index (κ2) is 7.80. The smallest absolute Gasteiger partial charge is 0.330 e. The molecule has 1 aliphatic rings. The monoisotopic (exact) mass is 431 g/mol. The largest absolute Gasteiger partial charge is 0.390 e. The molecule has 9 nitrogen and oxygen atoms in total. The number of aliphatic hydroxyl groups excluding tert-OH is 1. The first-order valence-corrected chi connectivity index (χ1v) is 10.9. The van der Waals surface area contributed by atoms with Crippen molar-refractivity contribution < 1.29 is 18.3 Å². The molecule has 0 spiro atoms. The number of aromatic amines is 1. The highest BCUT2D eigenvalue weighted by atomic mass is 32.2. The summed E-state index contributed by atoms with van der Waals surface area (Å²) in [5.74, 6) is 0. The first-order valence-electron chi connectivity index (χ1n) is 9.39. The molecule has 1 saturated heterocycles. The van der Waals surface area contributed by atoms with Crippen LogP contribution in [0.5, 0.6) is 0 Å². The van der Waals surface area contributed by atoms with E-state index < -0.39 is 39.7 Å². The first-order chi connectivity index (χ1) is 14.3. The maximum Gasteiger partial charge on any atom is 0.330 e. The van der Waals surface area contributed by atoms with Gasteiger partial charge in [-0.3, -0.25) is 14.3 Å². The standard InChI is InChI=1S/C20H21N3O6S/c1-12-11-23(20(26)22-19(12)25)18-9-15(24)16(29-18)10-21-30(27,28)17-8-4-6-13-5-2-3-7-14(13)17/h2-8,11,15-16,18,21,24H,9-10H2,1H3,(H,22,25,26)/t15-,16+,18+/m0/s1. The number of hydrogen-bond acceptors (Lipinski definition) is 6. The zero-order valence-electron chi connectivity index (χ0n) is 16.1. The fraction of sp³-hybridized carbons (Fsp3) is 0.300. The highest BCUT2D eigenvalue weighted by Crippen LogP contribution is 2.28. The predicted molar refractivity (Wildman–Crippen MR) is 110 cm³/mol.